The Balaban J connectivity index is 2.34. The molecule has 0 fully saturated rings. The van der Waals surface area contributed by atoms with Crippen molar-refractivity contribution in [2.45, 2.75) is 12.2 Å². The Bertz CT molecular complexity index is 265. The Morgan fingerprint density at radius 3 is 3.00 bits per heavy atom. The van der Waals surface area contributed by atoms with E-state index in [0.29, 0.717) is 0 Å². The maximum atomic E-state index is 5.42. The van der Waals surface area contributed by atoms with Gasteiger partial charge in [0.1, 0.15) is 5.75 Å². The van der Waals surface area contributed by atoms with Crippen molar-refractivity contribution in [3.8, 4) is 5.75 Å². The molecule has 2 N–H and O–H groups in total. The number of rotatable bonds is 6. The lowest BCUT2D eigenvalue weighted by Crippen LogP contribution is -1.99. The minimum absolute atomic E-state index is 0.783. The molecule has 3 heteroatoms. The van der Waals surface area contributed by atoms with Crippen molar-refractivity contribution in [3.05, 3.63) is 29.8 Å². The molecule has 2 nitrogen and oxygen atoms in total. The summed E-state index contributed by atoms with van der Waals surface area (Å²) in [5, 5.41) is 0. The smallest absolute Gasteiger partial charge is 0.119 e. The van der Waals surface area contributed by atoms with Crippen molar-refractivity contribution in [2.75, 3.05) is 19.4 Å². The number of benzene rings is 1. The third-order valence-corrected chi connectivity index (χ3v) is 3.01. The second-order valence-electron chi connectivity index (χ2n) is 3.05. The van der Waals surface area contributed by atoms with Gasteiger partial charge in [-0.15, -0.1) is 0 Å². The fraction of sp³-hybridized carbons (Fsp3) is 0.455. The van der Waals surface area contributed by atoms with Gasteiger partial charge in [-0.05, 0) is 36.4 Å². The SMILES string of the molecule is COc1cccc(CSCCCN)c1. The van der Waals surface area contributed by atoms with Crippen molar-refractivity contribution in [3.63, 3.8) is 0 Å². The largest absolute Gasteiger partial charge is 0.497 e. The van der Waals surface area contributed by atoms with Crippen LogP contribution in [0.1, 0.15) is 12.0 Å². The van der Waals surface area contributed by atoms with Gasteiger partial charge in [0.05, 0.1) is 7.11 Å². The van der Waals surface area contributed by atoms with Crippen LogP contribution in [0.2, 0.25) is 0 Å². The lowest BCUT2D eigenvalue weighted by molar-refractivity contribution is 0.414. The van der Waals surface area contributed by atoms with Crippen molar-refractivity contribution in [1.29, 1.82) is 0 Å². The number of hydrogen-bond acceptors (Lipinski definition) is 3. The van der Waals surface area contributed by atoms with Crippen molar-refractivity contribution < 1.29 is 4.74 Å². The van der Waals surface area contributed by atoms with Gasteiger partial charge < -0.3 is 10.5 Å². The van der Waals surface area contributed by atoms with E-state index in [4.69, 9.17) is 10.5 Å². The molecule has 0 spiro atoms. The normalized spacial score (nSPS) is 10.1. The molecule has 0 saturated heterocycles. The molecule has 0 aliphatic heterocycles. The molecule has 0 aliphatic rings. The molecular formula is C11H17NOS. The first-order chi connectivity index (χ1) is 6.86. The first-order valence-corrected chi connectivity index (χ1v) is 5.93. The van der Waals surface area contributed by atoms with Crippen LogP contribution in [0.3, 0.4) is 0 Å². The van der Waals surface area contributed by atoms with E-state index in [9.17, 15) is 0 Å². The van der Waals surface area contributed by atoms with Gasteiger partial charge in [0.25, 0.3) is 0 Å². The molecule has 1 aromatic carbocycles. The number of nitrogens with two attached hydrogens (primary N) is 1. The Labute approximate surface area is 89.8 Å². The second kappa shape index (κ2) is 6.74. The van der Waals surface area contributed by atoms with Gasteiger partial charge in [-0.2, -0.15) is 11.8 Å². The minimum atomic E-state index is 0.783. The van der Waals surface area contributed by atoms with E-state index in [1.807, 2.05) is 23.9 Å². The summed E-state index contributed by atoms with van der Waals surface area (Å²) in [5.74, 6) is 3.10. The number of methoxy groups -OCH3 is 1. The third kappa shape index (κ3) is 4.03. The first-order valence-electron chi connectivity index (χ1n) is 4.77. The van der Waals surface area contributed by atoms with Gasteiger partial charge in [-0.1, -0.05) is 12.1 Å². The van der Waals surface area contributed by atoms with Crippen molar-refractivity contribution in [1.82, 2.24) is 0 Å². The third-order valence-electron chi connectivity index (χ3n) is 1.90. The van der Waals surface area contributed by atoms with Gasteiger partial charge in [-0.3, -0.25) is 0 Å². The van der Waals surface area contributed by atoms with Crippen LogP contribution in [0.15, 0.2) is 24.3 Å². The summed E-state index contributed by atoms with van der Waals surface area (Å²) in [6, 6.07) is 8.19. The molecule has 0 aliphatic carbocycles. The van der Waals surface area contributed by atoms with Crippen LogP contribution >= 0.6 is 11.8 Å². The van der Waals surface area contributed by atoms with Crippen molar-refractivity contribution >= 4 is 11.8 Å². The van der Waals surface area contributed by atoms with E-state index in [-0.39, 0.29) is 0 Å². The molecule has 0 bridgehead atoms. The summed E-state index contributed by atoms with van der Waals surface area (Å²) < 4.78 is 5.15. The minimum Gasteiger partial charge on any atom is -0.497 e. The Morgan fingerprint density at radius 2 is 2.29 bits per heavy atom. The standard InChI is InChI=1S/C11H17NOS/c1-13-11-5-2-4-10(8-11)9-14-7-3-6-12/h2,4-5,8H,3,6-7,9,12H2,1H3. The predicted octanol–water partition coefficient (Wildman–Crippen LogP) is 2.28. The monoisotopic (exact) mass is 211 g/mol. The van der Waals surface area contributed by atoms with Crippen LogP contribution in [0.4, 0.5) is 0 Å². The quantitative estimate of drug-likeness (QED) is 0.733. The molecule has 0 aromatic heterocycles. The molecular weight excluding hydrogens is 194 g/mol. The zero-order chi connectivity index (χ0) is 10.2. The summed E-state index contributed by atoms with van der Waals surface area (Å²) in [7, 11) is 1.70. The average Bonchev–Trinajstić information content (AvgIpc) is 2.25. The van der Waals surface area contributed by atoms with E-state index >= 15 is 0 Å². The highest BCUT2D eigenvalue weighted by Gasteiger charge is 1.95. The number of hydrogen-bond donors (Lipinski definition) is 1. The Hall–Kier alpha value is -0.670. The first kappa shape index (κ1) is 11.4. The fourth-order valence-electron chi connectivity index (χ4n) is 1.14. The molecule has 0 saturated carbocycles. The van der Waals surface area contributed by atoms with Crippen LogP contribution in [0, 0.1) is 0 Å². The summed E-state index contributed by atoms with van der Waals surface area (Å²) in [5.41, 5.74) is 6.73. The van der Waals surface area contributed by atoms with E-state index in [1.54, 1.807) is 7.11 Å². The molecule has 0 atom stereocenters. The summed E-state index contributed by atoms with van der Waals surface area (Å²) in [4.78, 5) is 0. The number of ether oxygens (including phenoxy) is 1. The van der Waals surface area contributed by atoms with Crippen LogP contribution < -0.4 is 10.5 Å². The maximum absolute atomic E-state index is 5.42. The van der Waals surface area contributed by atoms with Gasteiger partial charge in [0.15, 0.2) is 0 Å². The van der Waals surface area contributed by atoms with E-state index in [0.717, 1.165) is 30.2 Å². The molecule has 0 amide bonds. The second-order valence-corrected chi connectivity index (χ2v) is 4.15. The van der Waals surface area contributed by atoms with Crippen LogP contribution in [-0.4, -0.2) is 19.4 Å². The van der Waals surface area contributed by atoms with E-state index < -0.39 is 0 Å². The van der Waals surface area contributed by atoms with Gasteiger partial charge in [0.2, 0.25) is 0 Å². The van der Waals surface area contributed by atoms with Gasteiger partial charge in [-0.25, -0.2) is 0 Å². The van der Waals surface area contributed by atoms with Gasteiger partial charge >= 0.3 is 0 Å². The van der Waals surface area contributed by atoms with Crippen LogP contribution in [0.25, 0.3) is 0 Å². The summed E-state index contributed by atoms with van der Waals surface area (Å²) in [6.45, 7) is 0.783. The van der Waals surface area contributed by atoms with Gasteiger partial charge in [0, 0.05) is 5.75 Å². The zero-order valence-electron chi connectivity index (χ0n) is 8.53. The zero-order valence-corrected chi connectivity index (χ0v) is 9.35. The van der Waals surface area contributed by atoms with E-state index in [1.165, 1.54) is 5.56 Å². The van der Waals surface area contributed by atoms with Crippen molar-refractivity contribution in [2.24, 2.45) is 5.73 Å². The average molecular weight is 211 g/mol. The highest BCUT2D eigenvalue weighted by molar-refractivity contribution is 7.98. The molecule has 0 radical (unpaired) electrons. The number of thioether (sulfide) groups is 1. The lowest BCUT2D eigenvalue weighted by Gasteiger charge is -2.03. The molecule has 0 heterocycles. The van der Waals surface area contributed by atoms with E-state index in [2.05, 4.69) is 12.1 Å². The van der Waals surface area contributed by atoms with Crippen LogP contribution in [-0.2, 0) is 5.75 Å². The summed E-state index contributed by atoms with van der Waals surface area (Å²) in [6.07, 6.45) is 1.09. The predicted molar refractivity (Wildman–Crippen MR) is 62.8 cm³/mol. The lowest BCUT2D eigenvalue weighted by atomic mass is 10.2. The topological polar surface area (TPSA) is 35.2 Å². The Morgan fingerprint density at radius 1 is 1.43 bits per heavy atom. The fourth-order valence-corrected chi connectivity index (χ4v) is 2.07. The molecule has 78 valence electrons. The molecule has 1 aromatic rings. The Kier molecular flexibility index (Phi) is 5.49. The summed E-state index contributed by atoms with van der Waals surface area (Å²) >= 11 is 1.91. The van der Waals surface area contributed by atoms with Crippen LogP contribution in [0.5, 0.6) is 5.75 Å². The maximum Gasteiger partial charge on any atom is 0.119 e. The molecule has 1 rings (SSSR count). The molecule has 14 heavy (non-hydrogen) atoms. The highest BCUT2D eigenvalue weighted by atomic mass is 32.2. The highest BCUT2D eigenvalue weighted by Crippen LogP contribution is 2.17. The molecule has 0 unspecified atom stereocenters.